The Balaban J connectivity index is 2.39. The molecule has 0 saturated heterocycles. The molecule has 8 heteroatoms. The third kappa shape index (κ3) is 3.56. The second-order valence-electron chi connectivity index (χ2n) is 5.16. The minimum Gasteiger partial charge on any atom is -0.326 e. The standard InChI is InChI=1S/C15H15ClF3N3O/c1-8-13(15(17,18)19)14(22(2)21-8)12(23)6-9-3-4-11(16)10(5-9)7-20/h3-5H,6-7,20H2,1-2H3. The molecule has 23 heavy (non-hydrogen) atoms. The Labute approximate surface area is 136 Å². The van der Waals surface area contributed by atoms with Crippen molar-refractivity contribution in [2.24, 2.45) is 12.8 Å². The molecule has 0 saturated carbocycles. The summed E-state index contributed by atoms with van der Waals surface area (Å²) in [6.07, 6.45) is -4.82. The summed E-state index contributed by atoms with van der Waals surface area (Å²) in [5, 5.41) is 4.18. The smallest absolute Gasteiger partial charge is 0.326 e. The molecule has 0 aliphatic carbocycles. The van der Waals surface area contributed by atoms with Gasteiger partial charge in [-0.15, -0.1) is 0 Å². The first-order valence-corrected chi connectivity index (χ1v) is 7.14. The van der Waals surface area contributed by atoms with Gasteiger partial charge in [-0.1, -0.05) is 23.7 Å². The van der Waals surface area contributed by atoms with Crippen LogP contribution in [0.4, 0.5) is 13.2 Å². The Morgan fingerprint density at radius 1 is 1.39 bits per heavy atom. The molecular formula is C15H15ClF3N3O. The number of hydrogen-bond donors (Lipinski definition) is 1. The van der Waals surface area contributed by atoms with Crippen molar-refractivity contribution in [2.75, 3.05) is 0 Å². The Bertz CT molecular complexity index is 753. The Morgan fingerprint density at radius 3 is 2.61 bits per heavy atom. The average Bonchev–Trinajstić information content (AvgIpc) is 2.75. The summed E-state index contributed by atoms with van der Waals surface area (Å²) in [5.74, 6) is -0.661. The molecule has 2 aromatic rings. The first-order chi connectivity index (χ1) is 10.6. The average molecular weight is 346 g/mol. The maximum absolute atomic E-state index is 13.2. The lowest BCUT2D eigenvalue weighted by atomic mass is 10.0. The third-order valence-corrected chi connectivity index (χ3v) is 3.83. The normalized spacial score (nSPS) is 11.8. The number of aryl methyl sites for hydroxylation is 2. The van der Waals surface area contributed by atoms with E-state index in [1.807, 2.05) is 0 Å². The van der Waals surface area contributed by atoms with E-state index in [-0.39, 0.29) is 18.7 Å². The molecule has 124 valence electrons. The van der Waals surface area contributed by atoms with Gasteiger partial charge in [-0.3, -0.25) is 9.48 Å². The fourth-order valence-corrected chi connectivity index (χ4v) is 2.68. The number of carbonyl (C=O) groups is 1. The van der Waals surface area contributed by atoms with E-state index in [2.05, 4.69) is 5.10 Å². The van der Waals surface area contributed by atoms with Gasteiger partial charge in [0.25, 0.3) is 0 Å². The van der Waals surface area contributed by atoms with Gasteiger partial charge in [0, 0.05) is 25.0 Å². The first-order valence-electron chi connectivity index (χ1n) is 6.76. The van der Waals surface area contributed by atoms with Crippen LogP contribution in [0.25, 0.3) is 0 Å². The van der Waals surface area contributed by atoms with Crippen LogP contribution in [0.3, 0.4) is 0 Å². The number of aromatic nitrogens is 2. The summed E-state index contributed by atoms with van der Waals surface area (Å²) < 4.78 is 40.4. The number of nitrogens with zero attached hydrogens (tertiary/aromatic N) is 2. The lowest BCUT2D eigenvalue weighted by Gasteiger charge is -2.10. The van der Waals surface area contributed by atoms with Gasteiger partial charge in [0.15, 0.2) is 5.78 Å². The Morgan fingerprint density at radius 2 is 2.04 bits per heavy atom. The van der Waals surface area contributed by atoms with Crippen molar-refractivity contribution < 1.29 is 18.0 Å². The van der Waals surface area contributed by atoms with Crippen molar-refractivity contribution in [1.82, 2.24) is 9.78 Å². The fourth-order valence-electron chi connectivity index (χ4n) is 2.48. The predicted octanol–water partition coefficient (Wildman–Crippen LogP) is 3.28. The maximum atomic E-state index is 13.2. The number of ketones is 1. The molecule has 0 bridgehead atoms. The van der Waals surface area contributed by atoms with Gasteiger partial charge >= 0.3 is 6.18 Å². The highest BCUT2D eigenvalue weighted by Crippen LogP contribution is 2.34. The van der Waals surface area contributed by atoms with Gasteiger partial charge in [0.05, 0.1) is 5.69 Å². The van der Waals surface area contributed by atoms with Crippen LogP contribution in [0, 0.1) is 6.92 Å². The zero-order chi connectivity index (χ0) is 17.4. The number of halogens is 4. The van der Waals surface area contributed by atoms with Crippen molar-refractivity contribution in [3.8, 4) is 0 Å². The quantitative estimate of drug-likeness (QED) is 0.865. The summed E-state index contributed by atoms with van der Waals surface area (Å²) >= 11 is 5.94. The molecule has 1 aromatic carbocycles. The molecule has 0 aliphatic rings. The van der Waals surface area contributed by atoms with Gasteiger partial charge < -0.3 is 5.73 Å². The molecule has 1 heterocycles. The van der Waals surface area contributed by atoms with E-state index in [0.717, 1.165) is 4.68 Å². The maximum Gasteiger partial charge on any atom is 0.420 e. The minimum absolute atomic E-state index is 0.180. The summed E-state index contributed by atoms with van der Waals surface area (Å²) in [6.45, 7) is 1.41. The SMILES string of the molecule is Cc1nn(C)c(C(=O)Cc2ccc(Cl)c(CN)c2)c1C(F)(F)F. The Hall–Kier alpha value is -1.86. The third-order valence-electron chi connectivity index (χ3n) is 3.46. The van der Waals surface area contributed by atoms with E-state index in [9.17, 15) is 18.0 Å². The van der Waals surface area contributed by atoms with Gasteiger partial charge in [-0.05, 0) is 24.1 Å². The molecule has 4 nitrogen and oxygen atoms in total. The van der Waals surface area contributed by atoms with E-state index in [4.69, 9.17) is 17.3 Å². The second-order valence-corrected chi connectivity index (χ2v) is 5.57. The van der Waals surface area contributed by atoms with Crippen molar-refractivity contribution in [3.05, 3.63) is 51.3 Å². The molecule has 0 fully saturated rings. The molecule has 0 atom stereocenters. The largest absolute Gasteiger partial charge is 0.420 e. The molecule has 2 rings (SSSR count). The predicted molar refractivity (Wildman–Crippen MR) is 80.3 cm³/mol. The van der Waals surface area contributed by atoms with Crippen LogP contribution in [0.5, 0.6) is 0 Å². The lowest BCUT2D eigenvalue weighted by Crippen LogP contribution is -2.17. The van der Waals surface area contributed by atoms with Crippen LogP contribution in [0.15, 0.2) is 18.2 Å². The molecule has 1 aromatic heterocycles. The van der Waals surface area contributed by atoms with Crippen molar-refractivity contribution in [2.45, 2.75) is 26.1 Å². The number of rotatable bonds is 4. The van der Waals surface area contributed by atoms with E-state index >= 15 is 0 Å². The van der Waals surface area contributed by atoms with Crippen molar-refractivity contribution in [3.63, 3.8) is 0 Å². The number of Topliss-reactive ketones (excluding diaryl/α,β-unsaturated/α-hetero) is 1. The number of benzene rings is 1. The molecular weight excluding hydrogens is 331 g/mol. The van der Waals surface area contributed by atoms with Gasteiger partial charge in [0.1, 0.15) is 11.3 Å². The zero-order valence-electron chi connectivity index (χ0n) is 12.5. The van der Waals surface area contributed by atoms with Crippen LogP contribution in [0.1, 0.15) is 32.9 Å². The molecule has 2 N–H and O–H groups in total. The van der Waals surface area contributed by atoms with E-state index in [1.54, 1.807) is 18.2 Å². The number of carbonyl (C=O) groups excluding carboxylic acids is 1. The number of hydrogen-bond acceptors (Lipinski definition) is 3. The van der Waals surface area contributed by atoms with Crippen LogP contribution >= 0.6 is 11.6 Å². The zero-order valence-corrected chi connectivity index (χ0v) is 13.3. The summed E-state index contributed by atoms with van der Waals surface area (Å²) in [7, 11) is 1.32. The van der Waals surface area contributed by atoms with Gasteiger partial charge in [0.2, 0.25) is 0 Å². The molecule has 0 spiro atoms. The highest BCUT2D eigenvalue weighted by molar-refractivity contribution is 6.31. The van der Waals surface area contributed by atoms with E-state index < -0.39 is 23.2 Å². The first kappa shape index (κ1) is 17.5. The number of alkyl halides is 3. The van der Waals surface area contributed by atoms with Crippen LogP contribution in [-0.4, -0.2) is 15.6 Å². The van der Waals surface area contributed by atoms with Crippen LogP contribution in [0.2, 0.25) is 5.02 Å². The molecule has 0 unspecified atom stereocenters. The number of nitrogens with two attached hydrogens (primary N) is 1. The molecule has 0 amide bonds. The fraction of sp³-hybridized carbons (Fsp3) is 0.333. The highest BCUT2D eigenvalue weighted by Gasteiger charge is 2.40. The van der Waals surface area contributed by atoms with Crippen LogP contribution in [-0.2, 0) is 26.2 Å². The van der Waals surface area contributed by atoms with Crippen molar-refractivity contribution in [1.29, 1.82) is 0 Å². The van der Waals surface area contributed by atoms with Crippen LogP contribution < -0.4 is 5.73 Å². The molecule has 0 aliphatic heterocycles. The topological polar surface area (TPSA) is 60.9 Å². The monoisotopic (exact) mass is 345 g/mol. The van der Waals surface area contributed by atoms with Gasteiger partial charge in [-0.2, -0.15) is 18.3 Å². The van der Waals surface area contributed by atoms with E-state index in [1.165, 1.54) is 14.0 Å². The lowest BCUT2D eigenvalue weighted by molar-refractivity contribution is -0.138. The summed E-state index contributed by atoms with van der Waals surface area (Å²) in [6, 6.07) is 4.79. The second kappa shape index (κ2) is 6.33. The summed E-state index contributed by atoms with van der Waals surface area (Å²) in [4.78, 5) is 12.4. The molecule has 0 radical (unpaired) electrons. The van der Waals surface area contributed by atoms with Crippen molar-refractivity contribution >= 4 is 17.4 Å². The van der Waals surface area contributed by atoms with Gasteiger partial charge in [-0.25, -0.2) is 0 Å². The minimum atomic E-state index is -4.63. The Kier molecular flexibility index (Phi) is 4.81. The highest BCUT2D eigenvalue weighted by atomic mass is 35.5. The summed E-state index contributed by atoms with van der Waals surface area (Å²) in [5.41, 5.74) is 5.07. The van der Waals surface area contributed by atoms with E-state index in [0.29, 0.717) is 16.1 Å².